The van der Waals surface area contributed by atoms with E-state index in [-0.39, 0.29) is 10.9 Å². The van der Waals surface area contributed by atoms with Crippen LogP contribution in [0.1, 0.15) is 37.7 Å². The molecule has 1 aromatic rings. The fourth-order valence-corrected chi connectivity index (χ4v) is 3.18. The second-order valence-corrected chi connectivity index (χ2v) is 6.35. The third-order valence-electron chi connectivity index (χ3n) is 4.27. The summed E-state index contributed by atoms with van der Waals surface area (Å²) in [4.78, 5) is 12.6. The monoisotopic (exact) mass is 304 g/mol. The highest BCUT2D eigenvalue weighted by atomic mass is 32.1. The highest BCUT2D eigenvalue weighted by Crippen LogP contribution is 2.26. The Morgan fingerprint density at radius 2 is 1.95 bits per heavy atom. The van der Waals surface area contributed by atoms with Gasteiger partial charge < -0.3 is 11.1 Å². The summed E-state index contributed by atoms with van der Waals surface area (Å²) in [5.74, 6) is 0.332. The summed E-state index contributed by atoms with van der Waals surface area (Å²) in [6, 6.07) is 9.88. The Bertz CT molecular complexity index is 469. The number of rotatable bonds is 7. The van der Waals surface area contributed by atoms with Crippen molar-refractivity contribution in [3.8, 4) is 0 Å². The summed E-state index contributed by atoms with van der Waals surface area (Å²) in [5, 5.41) is 3.00. The Hall–Kier alpha value is -1.42. The molecule has 3 nitrogen and oxygen atoms in total. The van der Waals surface area contributed by atoms with Gasteiger partial charge in [-0.05, 0) is 24.3 Å². The Labute approximate surface area is 132 Å². The predicted octanol–water partition coefficient (Wildman–Crippen LogP) is 2.83. The fraction of sp³-hybridized carbons (Fsp3) is 0.529. The van der Waals surface area contributed by atoms with Crippen LogP contribution in [0.2, 0.25) is 0 Å². The van der Waals surface area contributed by atoms with Crippen molar-refractivity contribution in [2.24, 2.45) is 17.6 Å². The highest BCUT2D eigenvalue weighted by Gasteiger charge is 2.22. The van der Waals surface area contributed by atoms with E-state index >= 15 is 0 Å². The van der Waals surface area contributed by atoms with Crippen LogP contribution in [-0.2, 0) is 11.2 Å². The van der Waals surface area contributed by atoms with Gasteiger partial charge >= 0.3 is 0 Å². The maximum absolute atomic E-state index is 12.3. The van der Waals surface area contributed by atoms with Crippen molar-refractivity contribution < 1.29 is 4.79 Å². The summed E-state index contributed by atoms with van der Waals surface area (Å²) in [6.45, 7) is 0.734. The number of thiocarbonyl (C=S) groups is 1. The molecule has 1 fully saturated rings. The molecule has 0 spiro atoms. The Balaban J connectivity index is 1.82. The van der Waals surface area contributed by atoms with Gasteiger partial charge in [-0.3, -0.25) is 4.79 Å². The molecule has 0 aromatic heterocycles. The Kier molecular flexibility index (Phi) is 6.18. The fourth-order valence-electron chi connectivity index (χ4n) is 2.99. The normalized spacial score (nSPS) is 16.6. The second-order valence-electron chi connectivity index (χ2n) is 5.87. The van der Waals surface area contributed by atoms with Crippen LogP contribution in [0.4, 0.5) is 0 Å². The van der Waals surface area contributed by atoms with Gasteiger partial charge in [0.15, 0.2) is 0 Å². The smallest absolute Gasteiger partial charge is 0.230 e. The molecule has 21 heavy (non-hydrogen) atoms. The van der Waals surface area contributed by atoms with E-state index < -0.39 is 5.92 Å². The van der Waals surface area contributed by atoms with Crippen LogP contribution in [0.25, 0.3) is 0 Å². The van der Waals surface area contributed by atoms with Crippen LogP contribution in [0.15, 0.2) is 30.3 Å². The average molecular weight is 304 g/mol. The lowest BCUT2D eigenvalue weighted by atomic mass is 9.98. The van der Waals surface area contributed by atoms with Crippen molar-refractivity contribution in [2.75, 3.05) is 6.54 Å². The van der Waals surface area contributed by atoms with Gasteiger partial charge in [-0.25, -0.2) is 0 Å². The molecule has 0 radical (unpaired) electrons. The third-order valence-corrected chi connectivity index (χ3v) is 4.55. The largest absolute Gasteiger partial charge is 0.393 e. The van der Waals surface area contributed by atoms with Crippen molar-refractivity contribution in [1.29, 1.82) is 0 Å². The molecule has 3 N–H and O–H groups in total. The molecule has 1 amide bonds. The van der Waals surface area contributed by atoms with Crippen molar-refractivity contribution in [1.82, 2.24) is 5.32 Å². The molecule has 1 aromatic carbocycles. The van der Waals surface area contributed by atoms with Crippen molar-refractivity contribution in [3.05, 3.63) is 35.9 Å². The minimum Gasteiger partial charge on any atom is -0.393 e. The lowest BCUT2D eigenvalue weighted by Crippen LogP contribution is -2.39. The maximum atomic E-state index is 12.3. The van der Waals surface area contributed by atoms with E-state index in [0.717, 1.165) is 24.4 Å². The van der Waals surface area contributed by atoms with Crippen LogP contribution in [0.5, 0.6) is 0 Å². The van der Waals surface area contributed by atoms with Crippen molar-refractivity contribution >= 4 is 23.1 Å². The molecule has 1 saturated carbocycles. The van der Waals surface area contributed by atoms with E-state index in [4.69, 9.17) is 18.0 Å². The quantitative estimate of drug-likeness (QED) is 0.762. The number of hydrogen-bond donors (Lipinski definition) is 2. The SMILES string of the molecule is NC(=S)C(Cc1ccccc1)C(=O)NCCC1CCCC1. The number of hydrogen-bond acceptors (Lipinski definition) is 2. The molecule has 2 rings (SSSR count). The predicted molar refractivity (Wildman–Crippen MR) is 90.0 cm³/mol. The molecule has 1 atom stereocenters. The number of benzene rings is 1. The number of amides is 1. The molecule has 1 aliphatic carbocycles. The molecule has 114 valence electrons. The van der Waals surface area contributed by atoms with Gasteiger partial charge in [0.25, 0.3) is 0 Å². The first-order valence-corrected chi connectivity index (χ1v) is 8.18. The molecule has 0 bridgehead atoms. The van der Waals surface area contributed by atoms with E-state index in [1.165, 1.54) is 25.7 Å². The molecule has 0 aliphatic heterocycles. The Morgan fingerprint density at radius 1 is 1.29 bits per heavy atom. The molecule has 1 aliphatic rings. The first kappa shape index (κ1) is 16.0. The van der Waals surface area contributed by atoms with Crippen LogP contribution < -0.4 is 11.1 Å². The van der Waals surface area contributed by atoms with Crippen molar-refractivity contribution in [2.45, 2.75) is 38.5 Å². The van der Waals surface area contributed by atoms with Gasteiger partial charge in [0.1, 0.15) is 0 Å². The van der Waals surface area contributed by atoms with E-state index in [0.29, 0.717) is 6.42 Å². The first-order chi connectivity index (χ1) is 10.2. The summed E-state index contributed by atoms with van der Waals surface area (Å²) in [6.07, 6.45) is 6.92. The van der Waals surface area contributed by atoms with E-state index in [1.807, 2.05) is 30.3 Å². The zero-order valence-electron chi connectivity index (χ0n) is 12.4. The lowest BCUT2D eigenvalue weighted by Gasteiger charge is -2.16. The lowest BCUT2D eigenvalue weighted by molar-refractivity contribution is -0.123. The number of carbonyl (C=O) groups excluding carboxylic acids is 1. The molecule has 0 heterocycles. The van der Waals surface area contributed by atoms with Gasteiger partial charge in [0.05, 0.1) is 10.9 Å². The standard InChI is InChI=1S/C17H24N2OS/c18-16(21)15(12-14-8-2-1-3-9-14)17(20)19-11-10-13-6-4-5-7-13/h1-3,8-9,13,15H,4-7,10-12H2,(H2,18,21)(H,19,20). The zero-order valence-corrected chi connectivity index (χ0v) is 13.2. The van der Waals surface area contributed by atoms with Gasteiger partial charge in [-0.15, -0.1) is 0 Å². The highest BCUT2D eigenvalue weighted by molar-refractivity contribution is 7.80. The summed E-state index contributed by atoms with van der Waals surface area (Å²) < 4.78 is 0. The van der Waals surface area contributed by atoms with Crippen LogP contribution >= 0.6 is 12.2 Å². The van der Waals surface area contributed by atoms with E-state index in [2.05, 4.69) is 5.32 Å². The van der Waals surface area contributed by atoms with Crippen molar-refractivity contribution in [3.63, 3.8) is 0 Å². The molecule has 0 saturated heterocycles. The number of carbonyl (C=O) groups is 1. The summed E-state index contributed by atoms with van der Waals surface area (Å²) >= 11 is 5.07. The number of nitrogens with two attached hydrogens (primary N) is 1. The molecule has 1 unspecified atom stereocenters. The number of nitrogens with one attached hydrogen (secondary N) is 1. The van der Waals surface area contributed by atoms with Crippen LogP contribution in [0.3, 0.4) is 0 Å². The van der Waals surface area contributed by atoms with Gasteiger partial charge in [-0.1, -0.05) is 68.2 Å². The van der Waals surface area contributed by atoms with E-state index in [9.17, 15) is 4.79 Å². The van der Waals surface area contributed by atoms with E-state index in [1.54, 1.807) is 0 Å². The first-order valence-electron chi connectivity index (χ1n) is 7.78. The van der Waals surface area contributed by atoms with Gasteiger partial charge in [0.2, 0.25) is 5.91 Å². The Morgan fingerprint density at radius 3 is 2.57 bits per heavy atom. The minimum atomic E-state index is -0.411. The molecular formula is C17H24N2OS. The minimum absolute atomic E-state index is 0.0376. The van der Waals surface area contributed by atoms with Crippen LogP contribution in [-0.4, -0.2) is 17.4 Å². The van der Waals surface area contributed by atoms with Gasteiger partial charge in [-0.2, -0.15) is 0 Å². The third kappa shape index (κ3) is 5.12. The zero-order chi connectivity index (χ0) is 15.1. The maximum Gasteiger partial charge on any atom is 0.230 e. The summed E-state index contributed by atoms with van der Waals surface area (Å²) in [5.41, 5.74) is 6.83. The van der Waals surface area contributed by atoms with Gasteiger partial charge in [0, 0.05) is 6.54 Å². The second kappa shape index (κ2) is 8.13. The molecule has 4 heteroatoms. The topological polar surface area (TPSA) is 55.1 Å². The van der Waals surface area contributed by atoms with Crippen LogP contribution in [0, 0.1) is 11.8 Å². The molecular weight excluding hydrogens is 280 g/mol. The average Bonchev–Trinajstić information content (AvgIpc) is 2.98. The summed E-state index contributed by atoms with van der Waals surface area (Å²) in [7, 11) is 0.